The van der Waals surface area contributed by atoms with E-state index in [-0.39, 0.29) is 46.2 Å². The van der Waals surface area contributed by atoms with Gasteiger partial charge in [0.05, 0.1) is 46.2 Å². The average Bonchev–Trinajstić information content (AvgIpc) is 0.775. The molecule has 35 heteroatoms. The highest BCUT2D eigenvalue weighted by Gasteiger charge is 2.62. The van der Waals surface area contributed by atoms with Gasteiger partial charge >= 0.3 is 0 Å². The summed E-state index contributed by atoms with van der Waals surface area (Å²) in [7, 11) is 31.7. The highest BCUT2D eigenvalue weighted by Crippen LogP contribution is 2.43. The number of hydrogen-bond donors (Lipinski definition) is 0. The standard InChI is InChI=1S/C63H112O35/c1-64-22-29-36-43(71-8)50(78-15)57(85-29)93-37-30(23-65-2)87-59(52(80-17)44(37)72-9)95-39-32(25-67-4)89-61(54(82-19)46(39)74-11)97-41-34(27-69-6)91-63(56(84-21)48(41)76-13)98-42-35(28-70-7)90-62(55(83-20)49(42)77-14)96-40-33(26-68-5)88-60(53(81-18)47(40)75-12)94-38-31(24-66-3)86-58(92-36)51(79-16)45(38)73-10/h29-63H,22-28H2,1-21H3/t29-,30-,31-,32-,33-,34-,35-,36+,37+,38+,39+,40+,41+,42+,43-,44-,45-,46-,47-,48-,49-,50-,51-,52-,53-,54-,55-,56-,57-,58-,59-,60-,61-,62-,63-/m1/s1. The van der Waals surface area contributed by atoms with Gasteiger partial charge in [-0.1, -0.05) is 0 Å². The van der Waals surface area contributed by atoms with Gasteiger partial charge in [0.2, 0.25) is 0 Å². The molecule has 0 saturated carbocycles. The molecule has 0 spiro atoms. The summed E-state index contributed by atoms with van der Waals surface area (Å²) in [6.07, 6.45) is -35.9. The topological polar surface area (TPSA) is 323 Å². The Morgan fingerprint density at radius 1 is 0.143 bits per heavy atom. The van der Waals surface area contributed by atoms with Crippen LogP contribution in [0.2, 0.25) is 0 Å². The molecule has 21 heterocycles. The molecule has 574 valence electrons. The van der Waals surface area contributed by atoms with Gasteiger partial charge in [-0.05, 0) is 0 Å². The molecule has 35 atom stereocenters. The van der Waals surface area contributed by atoms with Gasteiger partial charge in [-0.25, -0.2) is 0 Å². The Labute approximate surface area is 574 Å². The molecule has 0 aromatic rings. The van der Waals surface area contributed by atoms with Crippen LogP contribution in [0.5, 0.6) is 0 Å². The molecule has 21 saturated heterocycles. The molecule has 14 bridgehead atoms. The molecule has 0 aliphatic carbocycles. The molecule has 98 heavy (non-hydrogen) atoms. The maximum atomic E-state index is 7.03. The molecule has 0 unspecified atom stereocenters. The minimum absolute atomic E-state index is 0.0381. The van der Waals surface area contributed by atoms with E-state index in [1.807, 2.05) is 0 Å². The summed E-state index contributed by atoms with van der Waals surface area (Å²) in [4.78, 5) is 0. The molecular formula is C63H112O35. The SMILES string of the molecule is COC[C@H]1O[C@@H]2O[C@@H]3[C@@H](OC)[C@@H](OC)[C@@H](O[C@@H]4[C@@H](OC)[C@@H](OC)[C@@H](O[C@@H]5[C@@H](OC)[C@@H](OC)[C@@H](O[C@@H]6[C@@H](OC)[C@@H](OC)[C@@H](O[C@@H]7[C@@H](OC)[C@@H](OC)[C@@H](O[C@@H]8[C@@H](OC)[C@@H](OC)[C@@H](O[C@@H]1[C@@H](OC)[C@H]2OC)O[C@@H]8COC)O[C@@H]7COC)O[C@@H]6COC)O[C@@H]5COC)O[C@@H]4COC)O[C@@H]3COC. The largest absolute Gasteiger partial charge is 0.382 e. The number of rotatable bonds is 28. The monoisotopic (exact) mass is 1430 g/mol. The van der Waals surface area contributed by atoms with Crippen molar-refractivity contribution < 1.29 is 166 Å². The van der Waals surface area contributed by atoms with Crippen molar-refractivity contribution in [1.82, 2.24) is 0 Å². The number of methoxy groups -OCH3 is 21. The number of ether oxygens (including phenoxy) is 35. The van der Waals surface area contributed by atoms with E-state index in [4.69, 9.17) is 166 Å². The average molecular weight is 1430 g/mol. The molecule has 0 aromatic carbocycles. The zero-order valence-electron chi connectivity index (χ0n) is 60.4. The first kappa shape index (κ1) is 82.3. The quantitative estimate of drug-likeness (QED) is 0.0861. The minimum atomic E-state index is -1.22. The van der Waals surface area contributed by atoms with Crippen molar-refractivity contribution in [3.8, 4) is 0 Å². The molecule has 21 aliphatic rings. The van der Waals surface area contributed by atoms with Gasteiger partial charge in [0, 0.05) is 149 Å². The molecule has 0 aromatic heterocycles. The van der Waals surface area contributed by atoms with E-state index in [2.05, 4.69) is 0 Å². The first-order chi connectivity index (χ1) is 47.7. The normalized spacial score (nSPS) is 46.1. The van der Waals surface area contributed by atoms with Crippen LogP contribution in [0.15, 0.2) is 0 Å². The minimum Gasteiger partial charge on any atom is -0.382 e. The van der Waals surface area contributed by atoms with Crippen LogP contribution < -0.4 is 0 Å². The van der Waals surface area contributed by atoms with Crippen molar-refractivity contribution in [3.05, 3.63) is 0 Å². The Hall–Kier alpha value is -1.40. The van der Waals surface area contributed by atoms with E-state index >= 15 is 0 Å². The van der Waals surface area contributed by atoms with Crippen molar-refractivity contribution in [3.63, 3.8) is 0 Å². The Bertz CT molecular complexity index is 1800. The second-order valence-electron chi connectivity index (χ2n) is 24.5. The molecule has 0 N–H and O–H groups in total. The van der Waals surface area contributed by atoms with E-state index in [1.165, 1.54) is 149 Å². The molecule has 21 aliphatic heterocycles. The van der Waals surface area contributed by atoms with Crippen molar-refractivity contribution >= 4 is 0 Å². The van der Waals surface area contributed by atoms with Crippen LogP contribution in [-0.2, 0) is 166 Å². The maximum absolute atomic E-state index is 7.03. The second-order valence-corrected chi connectivity index (χ2v) is 24.5. The fourth-order valence-electron chi connectivity index (χ4n) is 14.9. The number of hydrogen-bond acceptors (Lipinski definition) is 35. The highest BCUT2D eigenvalue weighted by atomic mass is 16.8. The Morgan fingerprint density at radius 3 is 0.327 bits per heavy atom. The summed E-state index contributed by atoms with van der Waals surface area (Å²) >= 11 is 0. The summed E-state index contributed by atoms with van der Waals surface area (Å²) in [5.74, 6) is 0. The van der Waals surface area contributed by atoms with Gasteiger partial charge in [0.1, 0.15) is 171 Å². The van der Waals surface area contributed by atoms with Gasteiger partial charge in [0.25, 0.3) is 0 Å². The fourth-order valence-corrected chi connectivity index (χ4v) is 14.9. The fraction of sp³-hybridized carbons (Fsp3) is 1.00. The first-order valence-electron chi connectivity index (χ1n) is 32.7. The predicted octanol–water partition coefficient (Wildman–Crippen LogP) is -1.49. The van der Waals surface area contributed by atoms with E-state index < -0.39 is 215 Å². The van der Waals surface area contributed by atoms with Crippen LogP contribution >= 0.6 is 0 Å². The van der Waals surface area contributed by atoms with Crippen molar-refractivity contribution in [2.75, 3.05) is 196 Å². The van der Waals surface area contributed by atoms with Crippen LogP contribution in [-0.4, -0.2) is 410 Å². The van der Waals surface area contributed by atoms with Gasteiger partial charge in [-0.3, -0.25) is 0 Å². The van der Waals surface area contributed by atoms with E-state index in [0.717, 1.165) is 0 Å². The van der Waals surface area contributed by atoms with Gasteiger partial charge < -0.3 is 166 Å². The molecular weight excluding hydrogens is 1320 g/mol. The summed E-state index contributed by atoms with van der Waals surface area (Å²) < 4.78 is 226. The van der Waals surface area contributed by atoms with Crippen LogP contribution in [0.4, 0.5) is 0 Å². The molecule has 21 rings (SSSR count). The lowest BCUT2D eigenvalue weighted by Gasteiger charge is -2.52. The summed E-state index contributed by atoms with van der Waals surface area (Å²) in [6, 6.07) is 0. The summed E-state index contributed by atoms with van der Waals surface area (Å²) in [5.41, 5.74) is 0. The third-order valence-corrected chi connectivity index (χ3v) is 19.3. The predicted molar refractivity (Wildman–Crippen MR) is 329 cm³/mol. The van der Waals surface area contributed by atoms with E-state index in [9.17, 15) is 0 Å². The zero-order valence-corrected chi connectivity index (χ0v) is 60.4. The zero-order chi connectivity index (χ0) is 70.9. The summed E-state index contributed by atoms with van der Waals surface area (Å²) in [5, 5.41) is 0. The van der Waals surface area contributed by atoms with Crippen LogP contribution in [0.25, 0.3) is 0 Å². The van der Waals surface area contributed by atoms with Gasteiger partial charge in [-0.2, -0.15) is 0 Å². The van der Waals surface area contributed by atoms with Crippen molar-refractivity contribution in [1.29, 1.82) is 0 Å². The lowest BCUT2D eigenvalue weighted by Crippen LogP contribution is -2.69. The Morgan fingerprint density at radius 2 is 0.245 bits per heavy atom. The van der Waals surface area contributed by atoms with Crippen LogP contribution in [0.1, 0.15) is 0 Å². The molecule has 21 fully saturated rings. The van der Waals surface area contributed by atoms with Gasteiger partial charge in [0.15, 0.2) is 44.0 Å². The molecule has 0 amide bonds. The van der Waals surface area contributed by atoms with Crippen molar-refractivity contribution in [2.45, 2.75) is 215 Å². The lowest BCUT2D eigenvalue weighted by atomic mass is 9.94. The molecule has 0 radical (unpaired) electrons. The smallest absolute Gasteiger partial charge is 0.187 e. The third-order valence-electron chi connectivity index (χ3n) is 19.3. The van der Waals surface area contributed by atoms with Crippen molar-refractivity contribution in [2.24, 2.45) is 0 Å². The first-order valence-corrected chi connectivity index (χ1v) is 32.7. The maximum Gasteiger partial charge on any atom is 0.187 e. The summed E-state index contributed by atoms with van der Waals surface area (Å²) in [6.45, 7) is -0.267. The van der Waals surface area contributed by atoms with Crippen LogP contribution in [0.3, 0.4) is 0 Å². The second kappa shape index (κ2) is 40.4. The third kappa shape index (κ3) is 17.8. The lowest BCUT2D eigenvalue weighted by molar-refractivity contribution is -0.402. The molecule has 35 nitrogen and oxygen atoms in total. The van der Waals surface area contributed by atoms with Crippen LogP contribution in [0, 0.1) is 0 Å². The van der Waals surface area contributed by atoms with E-state index in [1.54, 1.807) is 0 Å². The Balaban J connectivity index is 1.23. The van der Waals surface area contributed by atoms with E-state index in [0.29, 0.717) is 0 Å². The highest BCUT2D eigenvalue weighted by molar-refractivity contribution is 5.04. The Kier molecular flexibility index (Phi) is 33.9. The van der Waals surface area contributed by atoms with Gasteiger partial charge in [-0.15, -0.1) is 0 Å².